The van der Waals surface area contributed by atoms with E-state index in [1.54, 1.807) is 0 Å². The largest absolute Gasteiger partial charge is 0.396 e. The van der Waals surface area contributed by atoms with Gasteiger partial charge in [0.15, 0.2) is 0 Å². The Balaban J connectivity index is 1.56. The molecule has 1 aliphatic heterocycles. The topological polar surface area (TPSA) is 44.3 Å². The van der Waals surface area contributed by atoms with E-state index in [2.05, 4.69) is 10.6 Å². The highest BCUT2D eigenvalue weighted by molar-refractivity contribution is 4.95. The Morgan fingerprint density at radius 2 is 1.74 bits per heavy atom. The number of hydrogen-bond acceptors (Lipinski definition) is 3. The summed E-state index contributed by atoms with van der Waals surface area (Å²) in [6, 6.07) is 2.04. The molecule has 110 valence electrons. The molecule has 0 aromatic rings. The molecule has 1 saturated heterocycles. The quantitative estimate of drug-likeness (QED) is 0.730. The maximum Gasteiger partial charge on any atom is 0.0474 e. The van der Waals surface area contributed by atoms with Crippen molar-refractivity contribution in [1.82, 2.24) is 10.6 Å². The summed E-state index contributed by atoms with van der Waals surface area (Å²) in [6.45, 7) is 1.59. The van der Waals surface area contributed by atoms with Gasteiger partial charge in [-0.2, -0.15) is 0 Å². The molecule has 3 fully saturated rings. The summed E-state index contributed by atoms with van der Waals surface area (Å²) in [5.41, 5.74) is 0. The Bertz CT molecular complexity index is 278. The molecule has 3 N–H and O–H groups in total. The van der Waals surface area contributed by atoms with Gasteiger partial charge in [-0.25, -0.2) is 0 Å². The molecule has 2 aliphatic carbocycles. The van der Waals surface area contributed by atoms with Gasteiger partial charge in [-0.1, -0.05) is 19.3 Å². The highest BCUT2D eigenvalue weighted by Crippen LogP contribution is 2.34. The second-order valence-corrected chi connectivity index (χ2v) is 6.90. The highest BCUT2D eigenvalue weighted by atomic mass is 16.3. The van der Waals surface area contributed by atoms with Gasteiger partial charge in [0, 0.05) is 24.7 Å². The Kier molecular flexibility index (Phi) is 4.78. The van der Waals surface area contributed by atoms with Gasteiger partial charge in [-0.15, -0.1) is 0 Å². The lowest BCUT2D eigenvalue weighted by molar-refractivity contribution is 0.183. The van der Waals surface area contributed by atoms with Crippen LogP contribution in [0.25, 0.3) is 0 Å². The SMILES string of the molecule is OCC1CCCC1NC1CCCC1C1CCCCN1. The molecule has 0 bridgehead atoms. The van der Waals surface area contributed by atoms with E-state index >= 15 is 0 Å². The van der Waals surface area contributed by atoms with Gasteiger partial charge in [0.2, 0.25) is 0 Å². The maximum atomic E-state index is 9.47. The van der Waals surface area contributed by atoms with Crippen LogP contribution in [0.2, 0.25) is 0 Å². The molecule has 19 heavy (non-hydrogen) atoms. The second-order valence-electron chi connectivity index (χ2n) is 6.90. The Labute approximate surface area is 117 Å². The molecule has 0 aromatic heterocycles. The van der Waals surface area contributed by atoms with Crippen molar-refractivity contribution in [2.24, 2.45) is 11.8 Å². The van der Waals surface area contributed by atoms with E-state index in [1.165, 1.54) is 64.3 Å². The van der Waals surface area contributed by atoms with Gasteiger partial charge in [-0.3, -0.25) is 0 Å². The second kappa shape index (κ2) is 6.55. The highest BCUT2D eigenvalue weighted by Gasteiger charge is 2.37. The number of aliphatic hydroxyl groups excluding tert-OH is 1. The molecule has 5 unspecified atom stereocenters. The van der Waals surface area contributed by atoms with Gasteiger partial charge in [0.25, 0.3) is 0 Å². The number of hydrogen-bond donors (Lipinski definition) is 3. The minimum Gasteiger partial charge on any atom is -0.396 e. The molecule has 2 saturated carbocycles. The lowest BCUT2D eigenvalue weighted by Crippen LogP contribution is -2.50. The van der Waals surface area contributed by atoms with Crippen LogP contribution in [0, 0.1) is 11.8 Å². The van der Waals surface area contributed by atoms with Crippen molar-refractivity contribution in [2.45, 2.75) is 75.9 Å². The van der Waals surface area contributed by atoms with E-state index in [0.717, 1.165) is 12.0 Å². The first-order valence-electron chi connectivity index (χ1n) is 8.49. The summed E-state index contributed by atoms with van der Waals surface area (Å²) < 4.78 is 0. The van der Waals surface area contributed by atoms with Gasteiger partial charge in [0.05, 0.1) is 0 Å². The monoisotopic (exact) mass is 266 g/mol. The first-order valence-corrected chi connectivity index (χ1v) is 8.49. The lowest BCUT2D eigenvalue weighted by atomic mass is 9.87. The van der Waals surface area contributed by atoms with Crippen LogP contribution in [-0.2, 0) is 0 Å². The molecular formula is C16H30N2O. The van der Waals surface area contributed by atoms with Crippen molar-refractivity contribution in [3.05, 3.63) is 0 Å². The number of aliphatic hydroxyl groups is 1. The van der Waals surface area contributed by atoms with Gasteiger partial charge in [-0.05, 0) is 56.9 Å². The van der Waals surface area contributed by atoms with E-state index < -0.39 is 0 Å². The van der Waals surface area contributed by atoms with Crippen LogP contribution in [-0.4, -0.2) is 36.4 Å². The van der Waals surface area contributed by atoms with Gasteiger partial charge in [0.1, 0.15) is 0 Å². The lowest BCUT2D eigenvalue weighted by Gasteiger charge is -2.35. The summed E-state index contributed by atoms with van der Waals surface area (Å²) in [7, 11) is 0. The van der Waals surface area contributed by atoms with Crippen LogP contribution in [0.5, 0.6) is 0 Å². The molecule has 3 aliphatic rings. The summed E-state index contributed by atoms with van der Waals surface area (Å²) in [5.74, 6) is 1.35. The fourth-order valence-corrected chi connectivity index (χ4v) is 4.67. The third-order valence-corrected chi connectivity index (χ3v) is 5.76. The number of piperidine rings is 1. The van der Waals surface area contributed by atoms with Crippen LogP contribution in [0.3, 0.4) is 0 Å². The van der Waals surface area contributed by atoms with Crippen LogP contribution in [0.4, 0.5) is 0 Å². The molecule has 5 atom stereocenters. The summed E-state index contributed by atoms with van der Waals surface area (Å²) in [5, 5.41) is 17.2. The average Bonchev–Trinajstić information content (AvgIpc) is 3.09. The van der Waals surface area contributed by atoms with E-state index in [1.807, 2.05) is 0 Å². The Hall–Kier alpha value is -0.120. The zero-order valence-electron chi connectivity index (χ0n) is 12.1. The molecule has 0 aromatic carbocycles. The zero-order chi connectivity index (χ0) is 13.1. The van der Waals surface area contributed by atoms with E-state index in [9.17, 15) is 5.11 Å². The smallest absolute Gasteiger partial charge is 0.0474 e. The fraction of sp³-hybridized carbons (Fsp3) is 1.00. The molecular weight excluding hydrogens is 236 g/mol. The summed E-state index contributed by atoms with van der Waals surface area (Å²) >= 11 is 0. The van der Waals surface area contributed by atoms with Gasteiger partial charge < -0.3 is 15.7 Å². The standard InChI is InChI=1S/C16H30N2O/c19-11-12-5-3-8-14(12)18-16-9-4-6-13(16)15-7-1-2-10-17-15/h12-19H,1-11H2. The van der Waals surface area contributed by atoms with Crippen molar-refractivity contribution in [3.63, 3.8) is 0 Å². The predicted molar refractivity (Wildman–Crippen MR) is 78.1 cm³/mol. The third kappa shape index (κ3) is 3.14. The Morgan fingerprint density at radius 1 is 0.895 bits per heavy atom. The fourth-order valence-electron chi connectivity index (χ4n) is 4.67. The predicted octanol–water partition coefficient (Wildman–Crippen LogP) is 2.05. The van der Waals surface area contributed by atoms with Crippen molar-refractivity contribution in [2.75, 3.05) is 13.2 Å². The van der Waals surface area contributed by atoms with Crippen LogP contribution < -0.4 is 10.6 Å². The number of rotatable bonds is 4. The molecule has 3 rings (SSSR count). The Morgan fingerprint density at radius 3 is 2.53 bits per heavy atom. The average molecular weight is 266 g/mol. The molecule has 3 heteroatoms. The maximum absolute atomic E-state index is 9.47. The van der Waals surface area contributed by atoms with Crippen molar-refractivity contribution in [3.8, 4) is 0 Å². The molecule has 1 heterocycles. The summed E-state index contributed by atoms with van der Waals surface area (Å²) in [4.78, 5) is 0. The first-order chi connectivity index (χ1) is 9.38. The van der Waals surface area contributed by atoms with Crippen LogP contribution in [0.1, 0.15) is 57.8 Å². The third-order valence-electron chi connectivity index (χ3n) is 5.76. The van der Waals surface area contributed by atoms with Crippen molar-refractivity contribution in [1.29, 1.82) is 0 Å². The molecule has 3 nitrogen and oxygen atoms in total. The normalized spacial score (nSPS) is 43.7. The van der Waals surface area contributed by atoms with E-state index in [0.29, 0.717) is 24.6 Å². The number of nitrogens with one attached hydrogen (secondary N) is 2. The van der Waals surface area contributed by atoms with Crippen molar-refractivity contribution < 1.29 is 5.11 Å². The van der Waals surface area contributed by atoms with Gasteiger partial charge >= 0.3 is 0 Å². The van der Waals surface area contributed by atoms with Crippen LogP contribution >= 0.6 is 0 Å². The zero-order valence-corrected chi connectivity index (χ0v) is 12.1. The summed E-state index contributed by atoms with van der Waals surface area (Å²) in [6.07, 6.45) is 12.0. The van der Waals surface area contributed by atoms with Crippen molar-refractivity contribution >= 4 is 0 Å². The molecule has 0 radical (unpaired) electrons. The van der Waals surface area contributed by atoms with E-state index in [4.69, 9.17) is 0 Å². The minimum absolute atomic E-state index is 0.372. The van der Waals surface area contributed by atoms with Crippen LogP contribution in [0.15, 0.2) is 0 Å². The molecule has 0 amide bonds. The first kappa shape index (κ1) is 13.8. The van der Waals surface area contributed by atoms with E-state index in [-0.39, 0.29) is 0 Å². The minimum atomic E-state index is 0.372. The molecule has 0 spiro atoms.